The molecule has 0 fully saturated rings. The molecule has 0 N–H and O–H groups in total. The highest BCUT2D eigenvalue weighted by Crippen LogP contribution is 2.21. The van der Waals surface area contributed by atoms with Gasteiger partial charge in [-0.2, -0.15) is 0 Å². The van der Waals surface area contributed by atoms with Crippen LogP contribution in [0.4, 0.5) is 0 Å². The first-order valence-corrected chi connectivity index (χ1v) is 16.5. The zero-order valence-electron chi connectivity index (χ0n) is 26.9. The van der Waals surface area contributed by atoms with E-state index in [9.17, 15) is 0 Å². The molecule has 0 saturated carbocycles. The van der Waals surface area contributed by atoms with Crippen LogP contribution in [0.15, 0.2) is 0 Å². The fourth-order valence-corrected chi connectivity index (χ4v) is 6.04. The molecule has 0 saturated heterocycles. The smallest absolute Gasteiger partial charge is 0.0835 e. The minimum absolute atomic E-state index is 0.760. The van der Waals surface area contributed by atoms with Crippen LogP contribution in [0.2, 0.25) is 0 Å². The van der Waals surface area contributed by atoms with Gasteiger partial charge in [-0.1, -0.05) is 86.0 Å². The number of hydrogen-bond donors (Lipinski definition) is 0. The first kappa shape index (κ1) is 37.1. The lowest BCUT2D eigenvalue weighted by atomic mass is 10.1. The fraction of sp³-hybridized carbons (Fsp3) is 1.00. The molecule has 0 spiro atoms. The van der Waals surface area contributed by atoms with Crippen molar-refractivity contribution >= 4 is 0 Å². The van der Waals surface area contributed by atoms with Crippen LogP contribution >= 0.6 is 0 Å². The summed E-state index contributed by atoms with van der Waals surface area (Å²) < 4.78 is 2.73. The predicted molar refractivity (Wildman–Crippen MR) is 163 cm³/mol. The van der Waals surface area contributed by atoms with Gasteiger partial charge in [-0.25, -0.2) is 0 Å². The molecule has 0 aromatic carbocycles. The van der Waals surface area contributed by atoms with Crippen LogP contribution in [0.5, 0.6) is 0 Å². The number of quaternary nitrogens is 2. The molecule has 0 bridgehead atoms. The Kier molecular flexibility index (Phi) is 25.7. The minimum Gasteiger partial charge on any atom is -0.324 e. The van der Waals surface area contributed by atoms with Gasteiger partial charge < -0.3 is 8.97 Å². The summed E-state index contributed by atoms with van der Waals surface area (Å²) in [5.74, 6) is 0. The standard InChI is InChI=1S/C18H40N.C15H34N/c1-5-9-13-14-18-19(15-10-6-2,16-11-7-3)17-12-8-4;1-7-9-10-11-12-13-16(8-2,14(3)4)15(5)6/h5-18H2,1-4H3;14-15H,7-13H2,1-6H3/q2*+1. The molecule has 2 heteroatoms. The van der Waals surface area contributed by atoms with E-state index in [0.717, 1.165) is 12.1 Å². The Balaban J connectivity index is 0. The van der Waals surface area contributed by atoms with E-state index >= 15 is 0 Å². The second-order valence-electron chi connectivity index (χ2n) is 12.1. The summed E-state index contributed by atoms with van der Waals surface area (Å²) in [6.07, 6.45) is 21.0. The molecular formula is C33H74N2+2. The van der Waals surface area contributed by atoms with Crippen LogP contribution in [0.1, 0.15) is 166 Å². The topological polar surface area (TPSA) is 0 Å². The van der Waals surface area contributed by atoms with Crippen LogP contribution in [-0.2, 0) is 0 Å². The summed E-state index contributed by atoms with van der Waals surface area (Å²) in [6, 6.07) is 1.52. The van der Waals surface area contributed by atoms with Gasteiger partial charge in [0, 0.05) is 0 Å². The van der Waals surface area contributed by atoms with Crippen molar-refractivity contribution in [2.45, 2.75) is 178 Å². The summed E-state index contributed by atoms with van der Waals surface area (Å²) >= 11 is 0. The quantitative estimate of drug-likeness (QED) is 0.0970. The van der Waals surface area contributed by atoms with Gasteiger partial charge in [-0.15, -0.1) is 0 Å². The molecule has 0 aromatic heterocycles. The van der Waals surface area contributed by atoms with E-state index < -0.39 is 0 Å². The zero-order chi connectivity index (χ0) is 27.0. The molecule has 0 aliphatic heterocycles. The van der Waals surface area contributed by atoms with E-state index in [4.69, 9.17) is 0 Å². The SMILES string of the molecule is CCCCCCC[N+](CC)(C(C)C)C(C)C.CCCCCC[N+](CCCC)(CCCC)CCCC. The van der Waals surface area contributed by atoms with E-state index in [-0.39, 0.29) is 0 Å². The van der Waals surface area contributed by atoms with Gasteiger partial charge in [0.05, 0.1) is 51.4 Å². The molecule has 0 aliphatic rings. The van der Waals surface area contributed by atoms with Crippen LogP contribution in [0.25, 0.3) is 0 Å². The molecule has 35 heavy (non-hydrogen) atoms. The molecule has 0 aliphatic carbocycles. The van der Waals surface area contributed by atoms with Gasteiger partial charge in [0.1, 0.15) is 0 Å². The normalized spacial score (nSPS) is 12.3. The summed E-state index contributed by atoms with van der Waals surface area (Å²) in [4.78, 5) is 0. The van der Waals surface area contributed by atoms with Crippen molar-refractivity contribution in [1.82, 2.24) is 0 Å². The van der Waals surface area contributed by atoms with Gasteiger partial charge in [0.25, 0.3) is 0 Å². The molecule has 0 heterocycles. The lowest BCUT2D eigenvalue weighted by Crippen LogP contribution is -2.58. The van der Waals surface area contributed by atoms with Crippen molar-refractivity contribution in [1.29, 1.82) is 0 Å². The predicted octanol–water partition coefficient (Wildman–Crippen LogP) is 10.4. The van der Waals surface area contributed by atoms with E-state index in [1.54, 1.807) is 0 Å². The average Bonchev–Trinajstić information content (AvgIpc) is 2.84. The maximum absolute atomic E-state index is 2.38. The fourth-order valence-electron chi connectivity index (χ4n) is 6.04. The zero-order valence-corrected chi connectivity index (χ0v) is 26.9. The van der Waals surface area contributed by atoms with Crippen molar-refractivity contribution in [3.8, 4) is 0 Å². The van der Waals surface area contributed by atoms with Crippen molar-refractivity contribution < 1.29 is 8.97 Å². The third kappa shape index (κ3) is 17.1. The maximum atomic E-state index is 2.38. The molecule has 214 valence electrons. The third-order valence-electron chi connectivity index (χ3n) is 8.77. The van der Waals surface area contributed by atoms with Gasteiger partial charge >= 0.3 is 0 Å². The molecule has 0 atom stereocenters. The van der Waals surface area contributed by atoms with Gasteiger partial charge in [-0.3, -0.25) is 0 Å². The summed E-state index contributed by atoms with van der Waals surface area (Å²) in [5.41, 5.74) is 0. The van der Waals surface area contributed by atoms with E-state index in [2.05, 4.69) is 69.2 Å². The van der Waals surface area contributed by atoms with Crippen molar-refractivity contribution in [3.63, 3.8) is 0 Å². The van der Waals surface area contributed by atoms with Gasteiger partial charge in [0.15, 0.2) is 0 Å². The van der Waals surface area contributed by atoms with Crippen LogP contribution in [0.3, 0.4) is 0 Å². The summed E-state index contributed by atoms with van der Waals surface area (Å²) in [7, 11) is 0. The first-order chi connectivity index (χ1) is 16.8. The van der Waals surface area contributed by atoms with Crippen LogP contribution in [0, 0.1) is 0 Å². The highest BCUT2D eigenvalue weighted by molar-refractivity contribution is 4.55. The monoisotopic (exact) mass is 499 g/mol. The van der Waals surface area contributed by atoms with Gasteiger partial charge in [0.2, 0.25) is 0 Å². The highest BCUT2D eigenvalue weighted by Gasteiger charge is 2.32. The number of nitrogens with zero attached hydrogens (tertiary/aromatic N) is 2. The van der Waals surface area contributed by atoms with Crippen molar-refractivity contribution in [2.75, 3.05) is 39.3 Å². The first-order valence-electron chi connectivity index (χ1n) is 16.5. The van der Waals surface area contributed by atoms with Crippen molar-refractivity contribution in [3.05, 3.63) is 0 Å². The van der Waals surface area contributed by atoms with E-state index in [0.29, 0.717) is 0 Å². The van der Waals surface area contributed by atoms with Crippen molar-refractivity contribution in [2.24, 2.45) is 0 Å². The Morgan fingerprint density at radius 1 is 0.371 bits per heavy atom. The molecule has 0 unspecified atom stereocenters. The number of rotatable bonds is 23. The van der Waals surface area contributed by atoms with E-state index in [1.807, 2.05) is 0 Å². The lowest BCUT2D eigenvalue weighted by molar-refractivity contribution is -0.965. The largest absolute Gasteiger partial charge is 0.324 e. The Bertz CT molecular complexity index is 386. The second kappa shape index (κ2) is 24.3. The van der Waals surface area contributed by atoms with E-state index in [1.165, 1.54) is 145 Å². The number of unbranched alkanes of at least 4 members (excludes halogenated alkanes) is 10. The summed E-state index contributed by atoms with van der Waals surface area (Å²) in [6.45, 7) is 31.9. The third-order valence-corrected chi connectivity index (χ3v) is 8.77. The maximum Gasteiger partial charge on any atom is 0.0835 e. The molecule has 0 amide bonds. The summed E-state index contributed by atoms with van der Waals surface area (Å²) in [5, 5.41) is 0. The highest BCUT2D eigenvalue weighted by atomic mass is 15.4. The molecule has 0 aromatic rings. The Morgan fingerprint density at radius 3 is 1.03 bits per heavy atom. The lowest BCUT2D eigenvalue weighted by Gasteiger charge is -2.45. The Labute approximate surface area is 225 Å². The molecular weight excluding hydrogens is 424 g/mol. The van der Waals surface area contributed by atoms with Crippen LogP contribution < -0.4 is 0 Å². The average molecular weight is 499 g/mol. The number of hydrogen-bond acceptors (Lipinski definition) is 0. The molecule has 0 radical (unpaired) electrons. The Hall–Kier alpha value is -0.0800. The second-order valence-corrected chi connectivity index (χ2v) is 12.1. The minimum atomic E-state index is 0.760. The molecule has 2 nitrogen and oxygen atoms in total. The van der Waals surface area contributed by atoms with Gasteiger partial charge in [-0.05, 0) is 79.6 Å². The van der Waals surface area contributed by atoms with Crippen LogP contribution in [-0.4, -0.2) is 60.3 Å². The Morgan fingerprint density at radius 2 is 0.686 bits per heavy atom. The molecule has 0 rings (SSSR count).